The third kappa shape index (κ3) is 4.23. The highest BCUT2D eigenvalue weighted by atomic mass is 32.2. The highest BCUT2D eigenvalue weighted by molar-refractivity contribution is 7.89. The summed E-state index contributed by atoms with van der Waals surface area (Å²) in [4.78, 5) is 14.5. The van der Waals surface area contributed by atoms with Crippen molar-refractivity contribution in [3.05, 3.63) is 59.2 Å². The van der Waals surface area contributed by atoms with Crippen LogP contribution in [0.4, 0.5) is 0 Å². The summed E-state index contributed by atoms with van der Waals surface area (Å²) < 4.78 is 30.3. The second kappa shape index (κ2) is 7.47. The van der Waals surface area contributed by atoms with Gasteiger partial charge in [0.1, 0.15) is 5.75 Å². The van der Waals surface area contributed by atoms with Gasteiger partial charge in [-0.15, -0.1) is 4.83 Å². The Morgan fingerprint density at radius 1 is 1.04 bits per heavy atom. The molecule has 2 N–H and O–H groups in total. The van der Waals surface area contributed by atoms with E-state index in [2.05, 4.69) is 10.3 Å². The molecule has 0 bridgehead atoms. The van der Waals surface area contributed by atoms with Crippen LogP contribution in [0.3, 0.4) is 0 Å². The number of hydrogen-bond donors (Lipinski definition) is 2. The summed E-state index contributed by atoms with van der Waals surface area (Å²) in [6, 6.07) is 11.6. The van der Waals surface area contributed by atoms with Crippen LogP contribution in [0.25, 0.3) is 0 Å². The van der Waals surface area contributed by atoms with Crippen molar-refractivity contribution in [2.45, 2.75) is 44.1 Å². The van der Waals surface area contributed by atoms with Crippen LogP contribution in [0.1, 0.15) is 41.8 Å². The molecule has 1 aliphatic carbocycles. The lowest BCUT2D eigenvalue weighted by Crippen LogP contribution is -2.41. The Morgan fingerprint density at radius 2 is 1.73 bits per heavy atom. The molecule has 0 aliphatic heterocycles. The van der Waals surface area contributed by atoms with Crippen molar-refractivity contribution in [3.8, 4) is 5.75 Å². The molecule has 0 spiro atoms. The molecule has 0 saturated carbocycles. The first kappa shape index (κ1) is 18.4. The van der Waals surface area contributed by atoms with Gasteiger partial charge in [-0.3, -0.25) is 10.2 Å². The van der Waals surface area contributed by atoms with Crippen molar-refractivity contribution in [1.29, 1.82) is 0 Å². The predicted octanol–water partition coefficient (Wildman–Crippen LogP) is 2.59. The quantitative estimate of drug-likeness (QED) is 0.761. The normalized spacial score (nSPS) is 13.5. The molecular weight excluding hydrogens is 352 g/mol. The number of nitrogens with one attached hydrogen (secondary N) is 2. The molecule has 0 aromatic heterocycles. The predicted molar refractivity (Wildman–Crippen MR) is 98.5 cm³/mol. The lowest BCUT2D eigenvalue weighted by molar-refractivity contribution is 0.0945. The van der Waals surface area contributed by atoms with E-state index in [1.807, 2.05) is 19.9 Å². The van der Waals surface area contributed by atoms with E-state index in [0.717, 1.165) is 24.8 Å². The van der Waals surface area contributed by atoms with E-state index in [-0.39, 0.29) is 11.0 Å². The van der Waals surface area contributed by atoms with Gasteiger partial charge >= 0.3 is 0 Å². The number of amides is 1. The molecule has 0 saturated heterocycles. The largest absolute Gasteiger partial charge is 0.491 e. The molecule has 0 radical (unpaired) electrons. The van der Waals surface area contributed by atoms with Gasteiger partial charge in [0.2, 0.25) is 0 Å². The summed E-state index contributed by atoms with van der Waals surface area (Å²) in [6.07, 6.45) is 2.94. The van der Waals surface area contributed by atoms with Crippen molar-refractivity contribution < 1.29 is 17.9 Å². The van der Waals surface area contributed by atoms with Gasteiger partial charge in [-0.2, -0.15) is 0 Å². The van der Waals surface area contributed by atoms with Crippen LogP contribution in [0.2, 0.25) is 0 Å². The molecule has 0 fully saturated rings. The maximum absolute atomic E-state index is 12.4. The van der Waals surface area contributed by atoms with Gasteiger partial charge in [-0.1, -0.05) is 6.07 Å². The molecule has 1 amide bonds. The maximum Gasteiger partial charge on any atom is 0.266 e. The van der Waals surface area contributed by atoms with Crippen molar-refractivity contribution in [1.82, 2.24) is 10.3 Å². The fourth-order valence-corrected chi connectivity index (χ4v) is 3.81. The van der Waals surface area contributed by atoms with Crippen molar-refractivity contribution >= 4 is 15.9 Å². The number of ether oxygens (including phenoxy) is 1. The van der Waals surface area contributed by atoms with Gasteiger partial charge in [-0.05, 0) is 80.6 Å². The summed E-state index contributed by atoms with van der Waals surface area (Å²) in [6.45, 7) is 3.82. The zero-order valence-corrected chi connectivity index (χ0v) is 15.6. The molecular formula is C19H22N2O4S. The standard InChI is InChI=1S/C19H22N2O4S/c1-13(2)25-17-9-6-15(7-10-17)19(22)20-21-26(23,24)18-11-8-14-4-3-5-16(14)12-18/h6-13,21H,3-5H2,1-2H3,(H,20,22). The first-order valence-electron chi connectivity index (χ1n) is 8.56. The minimum Gasteiger partial charge on any atom is -0.491 e. The maximum atomic E-state index is 12.4. The molecule has 26 heavy (non-hydrogen) atoms. The highest BCUT2D eigenvalue weighted by Gasteiger charge is 2.19. The van der Waals surface area contributed by atoms with Gasteiger partial charge in [-0.25, -0.2) is 8.42 Å². The Hall–Kier alpha value is -2.38. The summed E-state index contributed by atoms with van der Waals surface area (Å²) in [7, 11) is -3.82. The highest BCUT2D eigenvalue weighted by Crippen LogP contribution is 2.24. The Bertz CT molecular complexity index is 906. The molecule has 138 valence electrons. The second-order valence-corrected chi connectivity index (χ2v) is 8.22. The zero-order valence-electron chi connectivity index (χ0n) is 14.8. The first-order valence-corrected chi connectivity index (χ1v) is 10.0. The van der Waals surface area contributed by atoms with Crippen LogP contribution >= 0.6 is 0 Å². The minimum atomic E-state index is -3.82. The number of hydrazine groups is 1. The van der Waals surface area contributed by atoms with E-state index in [0.29, 0.717) is 11.3 Å². The number of aryl methyl sites for hydroxylation is 2. The number of sulfonamides is 1. The smallest absolute Gasteiger partial charge is 0.266 e. The van der Waals surface area contributed by atoms with Gasteiger partial charge in [0, 0.05) is 5.56 Å². The second-order valence-electron chi connectivity index (χ2n) is 6.53. The Labute approximate surface area is 153 Å². The van der Waals surface area contributed by atoms with E-state index in [1.165, 1.54) is 5.56 Å². The molecule has 1 aliphatic rings. The van der Waals surface area contributed by atoms with Gasteiger partial charge in [0.05, 0.1) is 11.0 Å². The molecule has 7 heteroatoms. The molecule has 0 heterocycles. The minimum absolute atomic E-state index is 0.0359. The number of rotatable bonds is 6. The van der Waals surface area contributed by atoms with Crippen LogP contribution in [-0.2, 0) is 22.9 Å². The van der Waals surface area contributed by atoms with Crippen LogP contribution in [0, 0.1) is 0 Å². The molecule has 3 rings (SSSR count). The van der Waals surface area contributed by atoms with Crippen LogP contribution in [0.5, 0.6) is 5.75 Å². The topological polar surface area (TPSA) is 84.5 Å². The molecule has 0 unspecified atom stereocenters. The Kier molecular flexibility index (Phi) is 5.29. The molecule has 2 aromatic carbocycles. The molecule has 2 aromatic rings. The van der Waals surface area contributed by atoms with E-state index in [1.54, 1.807) is 36.4 Å². The fourth-order valence-electron chi connectivity index (χ4n) is 2.92. The number of hydrogen-bond acceptors (Lipinski definition) is 4. The van der Waals surface area contributed by atoms with E-state index < -0.39 is 15.9 Å². The zero-order chi connectivity index (χ0) is 18.7. The van der Waals surface area contributed by atoms with Crippen molar-refractivity contribution in [3.63, 3.8) is 0 Å². The molecule has 6 nitrogen and oxygen atoms in total. The Morgan fingerprint density at radius 3 is 2.42 bits per heavy atom. The third-order valence-electron chi connectivity index (χ3n) is 4.17. The van der Waals surface area contributed by atoms with Crippen LogP contribution in [0.15, 0.2) is 47.4 Å². The number of fused-ring (bicyclic) bond motifs is 1. The fraction of sp³-hybridized carbons (Fsp3) is 0.316. The van der Waals surface area contributed by atoms with Gasteiger partial charge in [0.15, 0.2) is 0 Å². The van der Waals surface area contributed by atoms with Gasteiger partial charge in [0.25, 0.3) is 15.9 Å². The lowest BCUT2D eigenvalue weighted by atomic mass is 10.1. The van der Waals surface area contributed by atoms with Crippen molar-refractivity contribution in [2.24, 2.45) is 0 Å². The average molecular weight is 374 g/mol. The summed E-state index contributed by atoms with van der Waals surface area (Å²) in [5.41, 5.74) is 4.83. The summed E-state index contributed by atoms with van der Waals surface area (Å²) in [5.74, 6) is 0.112. The number of carbonyl (C=O) groups excluding carboxylic acids is 1. The van der Waals surface area contributed by atoms with Crippen molar-refractivity contribution in [2.75, 3.05) is 0 Å². The Balaban J connectivity index is 1.64. The number of carbonyl (C=O) groups is 1. The summed E-state index contributed by atoms with van der Waals surface area (Å²) in [5, 5.41) is 0. The van der Waals surface area contributed by atoms with Crippen LogP contribution in [-0.4, -0.2) is 20.4 Å². The van der Waals surface area contributed by atoms with E-state index >= 15 is 0 Å². The number of benzene rings is 2. The van der Waals surface area contributed by atoms with E-state index in [9.17, 15) is 13.2 Å². The average Bonchev–Trinajstić information content (AvgIpc) is 3.07. The van der Waals surface area contributed by atoms with Gasteiger partial charge < -0.3 is 4.74 Å². The first-order chi connectivity index (χ1) is 12.3. The monoisotopic (exact) mass is 374 g/mol. The van der Waals surface area contributed by atoms with E-state index in [4.69, 9.17) is 4.74 Å². The third-order valence-corrected chi connectivity index (χ3v) is 5.41. The lowest BCUT2D eigenvalue weighted by Gasteiger charge is -2.11. The SMILES string of the molecule is CC(C)Oc1ccc(C(=O)NNS(=O)(=O)c2ccc3c(c2)CCC3)cc1. The molecule has 0 atom stereocenters. The van der Waals surface area contributed by atoms with Crippen LogP contribution < -0.4 is 15.0 Å². The summed E-state index contributed by atoms with van der Waals surface area (Å²) >= 11 is 0.